The van der Waals surface area contributed by atoms with E-state index in [2.05, 4.69) is 9.71 Å². The summed E-state index contributed by atoms with van der Waals surface area (Å²) in [5, 5.41) is 11.0. The van der Waals surface area contributed by atoms with E-state index in [1.54, 1.807) is 18.3 Å². The number of nitrogens with zero attached hydrogens (tertiary/aromatic N) is 2. The van der Waals surface area contributed by atoms with Crippen molar-refractivity contribution in [2.45, 2.75) is 16.2 Å². The summed E-state index contributed by atoms with van der Waals surface area (Å²) in [5.74, 6) is 0.507. The van der Waals surface area contributed by atoms with Gasteiger partial charge in [0.05, 0.1) is 20.0 Å². The predicted octanol–water partition coefficient (Wildman–Crippen LogP) is 3.58. The number of aromatic nitrogens is 1. The number of para-hydroxylation sites is 1. The molecule has 0 spiro atoms. The number of sulfonamides is 1. The number of rotatable bonds is 7. The minimum absolute atomic E-state index is 0.111. The highest BCUT2D eigenvalue weighted by Crippen LogP contribution is 2.29. The van der Waals surface area contributed by atoms with Crippen LogP contribution in [0.4, 0.5) is 5.69 Å². The van der Waals surface area contributed by atoms with Gasteiger partial charge in [-0.05, 0) is 25.1 Å². The molecule has 0 aliphatic carbocycles. The van der Waals surface area contributed by atoms with E-state index in [9.17, 15) is 18.5 Å². The number of nitro benzene ring substituents is 1. The van der Waals surface area contributed by atoms with E-state index in [1.165, 1.54) is 23.9 Å². The maximum absolute atomic E-state index is 12.3. The van der Waals surface area contributed by atoms with Crippen molar-refractivity contribution in [3.8, 4) is 0 Å². The van der Waals surface area contributed by atoms with Crippen LogP contribution in [0.1, 0.15) is 5.56 Å². The SMILES string of the molecule is Cc1ccc(S(=O)(=O)NCCSc2nc3ccccc3s2)cc1[N+](=O)[O-]. The van der Waals surface area contributed by atoms with Crippen molar-refractivity contribution in [3.63, 3.8) is 0 Å². The first kappa shape index (κ1) is 18.8. The van der Waals surface area contributed by atoms with E-state index in [4.69, 9.17) is 0 Å². The van der Waals surface area contributed by atoms with Crippen LogP contribution < -0.4 is 4.72 Å². The molecule has 0 fully saturated rings. The fourth-order valence-electron chi connectivity index (χ4n) is 2.26. The summed E-state index contributed by atoms with van der Waals surface area (Å²) in [4.78, 5) is 14.8. The summed E-state index contributed by atoms with van der Waals surface area (Å²) in [5.41, 5.74) is 1.13. The molecule has 1 heterocycles. The van der Waals surface area contributed by atoms with E-state index in [-0.39, 0.29) is 17.1 Å². The largest absolute Gasteiger partial charge is 0.273 e. The molecule has 0 saturated carbocycles. The summed E-state index contributed by atoms with van der Waals surface area (Å²) < 4.78 is 29.1. The van der Waals surface area contributed by atoms with Crippen LogP contribution in [-0.2, 0) is 10.0 Å². The first-order valence-electron chi connectivity index (χ1n) is 7.60. The van der Waals surface area contributed by atoms with Gasteiger partial charge in [-0.15, -0.1) is 11.3 Å². The Balaban J connectivity index is 1.61. The predicted molar refractivity (Wildman–Crippen MR) is 103 cm³/mol. The van der Waals surface area contributed by atoms with Crippen LogP contribution in [0.25, 0.3) is 10.2 Å². The van der Waals surface area contributed by atoms with Crippen LogP contribution >= 0.6 is 23.1 Å². The van der Waals surface area contributed by atoms with Gasteiger partial charge in [0.2, 0.25) is 10.0 Å². The molecular weight excluding hydrogens is 394 g/mol. The van der Waals surface area contributed by atoms with Gasteiger partial charge in [-0.3, -0.25) is 10.1 Å². The molecular formula is C16H15N3O4S3. The average molecular weight is 410 g/mol. The molecule has 2 aromatic carbocycles. The van der Waals surface area contributed by atoms with Gasteiger partial charge in [0.15, 0.2) is 4.34 Å². The molecule has 7 nitrogen and oxygen atoms in total. The molecule has 0 radical (unpaired) electrons. The monoisotopic (exact) mass is 409 g/mol. The number of benzene rings is 2. The summed E-state index contributed by atoms with van der Waals surface area (Å²) >= 11 is 3.02. The number of hydrogen-bond donors (Lipinski definition) is 1. The molecule has 26 heavy (non-hydrogen) atoms. The maximum Gasteiger partial charge on any atom is 0.273 e. The molecule has 0 saturated heterocycles. The number of thiazole rings is 1. The first-order chi connectivity index (χ1) is 12.4. The Kier molecular flexibility index (Phi) is 5.56. The summed E-state index contributed by atoms with van der Waals surface area (Å²) in [7, 11) is -3.80. The minimum atomic E-state index is -3.80. The van der Waals surface area contributed by atoms with Gasteiger partial charge in [0.1, 0.15) is 0 Å². The van der Waals surface area contributed by atoms with Gasteiger partial charge < -0.3 is 0 Å². The van der Waals surface area contributed by atoms with Gasteiger partial charge in [-0.1, -0.05) is 30.0 Å². The lowest BCUT2D eigenvalue weighted by atomic mass is 10.2. The Morgan fingerprint density at radius 3 is 2.77 bits per heavy atom. The maximum atomic E-state index is 12.3. The third-order valence-corrected chi connectivity index (χ3v) is 7.22. The Hall–Kier alpha value is -2.01. The summed E-state index contributed by atoms with van der Waals surface area (Å²) in [6.07, 6.45) is 0. The van der Waals surface area contributed by atoms with Gasteiger partial charge in [-0.25, -0.2) is 18.1 Å². The summed E-state index contributed by atoms with van der Waals surface area (Å²) in [6, 6.07) is 11.7. The molecule has 10 heteroatoms. The van der Waals surface area contributed by atoms with Crippen molar-refractivity contribution in [1.82, 2.24) is 9.71 Å². The van der Waals surface area contributed by atoms with Crippen LogP contribution in [-0.4, -0.2) is 30.6 Å². The number of aryl methyl sites for hydroxylation is 1. The highest BCUT2D eigenvalue weighted by molar-refractivity contribution is 8.01. The van der Waals surface area contributed by atoms with E-state index < -0.39 is 14.9 Å². The Morgan fingerprint density at radius 1 is 1.27 bits per heavy atom. The standard InChI is InChI=1S/C16H15N3O4S3/c1-11-6-7-12(10-14(11)19(20)21)26(22,23)17-8-9-24-16-18-13-4-2-3-5-15(13)25-16/h2-7,10,17H,8-9H2,1H3. The second-order valence-electron chi connectivity index (χ2n) is 5.40. The van der Waals surface area contributed by atoms with Crippen molar-refractivity contribution in [2.75, 3.05) is 12.3 Å². The van der Waals surface area contributed by atoms with E-state index >= 15 is 0 Å². The molecule has 0 unspecified atom stereocenters. The second-order valence-corrected chi connectivity index (χ2v) is 9.54. The highest BCUT2D eigenvalue weighted by atomic mass is 32.2. The second kappa shape index (κ2) is 7.70. The van der Waals surface area contributed by atoms with Crippen molar-refractivity contribution in [2.24, 2.45) is 0 Å². The van der Waals surface area contributed by atoms with Crippen molar-refractivity contribution in [3.05, 3.63) is 58.1 Å². The lowest BCUT2D eigenvalue weighted by molar-refractivity contribution is -0.385. The number of nitro groups is 1. The quantitative estimate of drug-likeness (QED) is 0.277. The topological polar surface area (TPSA) is 102 Å². The van der Waals surface area contributed by atoms with Crippen LogP contribution in [0.3, 0.4) is 0 Å². The van der Waals surface area contributed by atoms with Crippen LogP contribution in [0.2, 0.25) is 0 Å². The fourth-order valence-corrected chi connectivity index (χ4v) is 5.44. The average Bonchev–Trinajstić information content (AvgIpc) is 3.01. The molecule has 1 aromatic heterocycles. The highest BCUT2D eigenvalue weighted by Gasteiger charge is 2.19. The van der Waals surface area contributed by atoms with Crippen molar-refractivity contribution < 1.29 is 13.3 Å². The zero-order valence-corrected chi connectivity index (χ0v) is 16.2. The molecule has 0 amide bonds. The van der Waals surface area contributed by atoms with Crippen LogP contribution in [0.5, 0.6) is 0 Å². The fraction of sp³-hybridized carbons (Fsp3) is 0.188. The summed E-state index contributed by atoms with van der Waals surface area (Å²) in [6.45, 7) is 1.77. The number of hydrogen-bond acceptors (Lipinski definition) is 7. The van der Waals surface area contributed by atoms with Gasteiger partial charge in [0, 0.05) is 23.9 Å². The van der Waals surface area contributed by atoms with E-state index in [0.717, 1.165) is 20.6 Å². The molecule has 136 valence electrons. The van der Waals surface area contributed by atoms with Crippen molar-refractivity contribution in [1.29, 1.82) is 0 Å². The van der Waals surface area contributed by atoms with Gasteiger partial charge in [0.25, 0.3) is 5.69 Å². The molecule has 1 N–H and O–H groups in total. The smallest absolute Gasteiger partial charge is 0.258 e. The molecule has 3 rings (SSSR count). The van der Waals surface area contributed by atoms with Gasteiger partial charge in [-0.2, -0.15) is 0 Å². The van der Waals surface area contributed by atoms with Crippen LogP contribution in [0.15, 0.2) is 51.7 Å². The lowest BCUT2D eigenvalue weighted by Gasteiger charge is -2.07. The Morgan fingerprint density at radius 2 is 2.04 bits per heavy atom. The lowest BCUT2D eigenvalue weighted by Crippen LogP contribution is -2.26. The minimum Gasteiger partial charge on any atom is -0.258 e. The van der Waals surface area contributed by atoms with Gasteiger partial charge >= 0.3 is 0 Å². The first-order valence-corrected chi connectivity index (χ1v) is 10.9. The number of fused-ring (bicyclic) bond motifs is 1. The molecule has 0 aliphatic heterocycles. The molecule has 0 aliphatic rings. The zero-order valence-electron chi connectivity index (χ0n) is 13.7. The third-order valence-electron chi connectivity index (χ3n) is 3.58. The number of nitrogens with one attached hydrogen (secondary N) is 1. The molecule has 0 atom stereocenters. The molecule has 0 bridgehead atoms. The van der Waals surface area contributed by atoms with E-state index in [0.29, 0.717) is 11.3 Å². The number of thioether (sulfide) groups is 1. The normalized spacial score (nSPS) is 11.7. The van der Waals surface area contributed by atoms with Crippen LogP contribution in [0, 0.1) is 17.0 Å². The van der Waals surface area contributed by atoms with E-state index in [1.807, 2.05) is 24.3 Å². The molecule has 3 aromatic rings. The third kappa shape index (κ3) is 4.21. The van der Waals surface area contributed by atoms with Crippen molar-refractivity contribution >= 4 is 49.0 Å². The zero-order chi connectivity index (χ0) is 18.7. The Bertz CT molecular complexity index is 1030. The Labute approximate surface area is 158 Å².